The first-order valence-electron chi connectivity index (χ1n) is 4.74. The molecule has 3 nitrogen and oxygen atoms in total. The summed E-state index contributed by atoms with van der Waals surface area (Å²) in [6, 6.07) is 9.21. The van der Waals surface area contributed by atoms with Gasteiger partial charge in [-0.15, -0.1) is 5.10 Å². The van der Waals surface area contributed by atoms with E-state index in [1.807, 2.05) is 37.3 Å². The number of hydrogen-bond donors (Lipinski definition) is 0. The van der Waals surface area contributed by atoms with Gasteiger partial charge in [-0.3, -0.25) is 4.79 Å². The van der Waals surface area contributed by atoms with Gasteiger partial charge in [0.15, 0.2) is 0 Å². The predicted molar refractivity (Wildman–Crippen MR) is 59.2 cm³/mol. The summed E-state index contributed by atoms with van der Waals surface area (Å²) in [5.74, 6) is 0.0162. The second-order valence-corrected chi connectivity index (χ2v) is 3.85. The number of carbonyl (C=O) groups is 1. The number of carbonyl (C=O) groups excluding carboxylic acids is 1. The molecule has 0 bridgehead atoms. The van der Waals surface area contributed by atoms with Gasteiger partial charge in [0.25, 0.3) is 0 Å². The molecule has 0 saturated heterocycles. The van der Waals surface area contributed by atoms with Crippen molar-refractivity contribution in [2.24, 2.45) is 0 Å². The standard InChI is InChI=1S/C11H10N2OS/c1-2-9-11(15-13-12-9)10(14)8-6-4-3-5-7-8/h3-7H,2H2,1H3. The zero-order valence-electron chi connectivity index (χ0n) is 8.30. The lowest BCUT2D eigenvalue weighted by atomic mass is 10.1. The van der Waals surface area contributed by atoms with E-state index in [9.17, 15) is 4.79 Å². The minimum atomic E-state index is 0.0162. The van der Waals surface area contributed by atoms with Crippen molar-refractivity contribution in [1.82, 2.24) is 9.59 Å². The van der Waals surface area contributed by atoms with E-state index in [0.29, 0.717) is 10.4 Å². The van der Waals surface area contributed by atoms with Crippen molar-refractivity contribution in [2.45, 2.75) is 13.3 Å². The molecule has 76 valence electrons. The zero-order valence-corrected chi connectivity index (χ0v) is 9.12. The van der Waals surface area contributed by atoms with E-state index >= 15 is 0 Å². The molecule has 1 aromatic heterocycles. The summed E-state index contributed by atoms with van der Waals surface area (Å²) in [6.07, 6.45) is 0.740. The molecule has 0 amide bonds. The summed E-state index contributed by atoms with van der Waals surface area (Å²) in [5, 5.41) is 3.93. The highest BCUT2D eigenvalue weighted by Gasteiger charge is 2.16. The molecular formula is C11H10N2OS. The van der Waals surface area contributed by atoms with Crippen molar-refractivity contribution in [3.05, 3.63) is 46.5 Å². The van der Waals surface area contributed by atoms with Gasteiger partial charge in [0.05, 0.1) is 5.69 Å². The molecule has 0 N–H and O–H groups in total. The van der Waals surface area contributed by atoms with Gasteiger partial charge in [-0.2, -0.15) is 0 Å². The maximum absolute atomic E-state index is 12.0. The summed E-state index contributed by atoms with van der Waals surface area (Å²) in [5.41, 5.74) is 1.48. The van der Waals surface area contributed by atoms with E-state index in [1.165, 1.54) is 11.5 Å². The fourth-order valence-corrected chi connectivity index (χ4v) is 2.05. The van der Waals surface area contributed by atoms with E-state index in [0.717, 1.165) is 12.1 Å². The van der Waals surface area contributed by atoms with E-state index in [4.69, 9.17) is 0 Å². The Morgan fingerprint density at radius 1 is 1.33 bits per heavy atom. The number of rotatable bonds is 3. The second kappa shape index (κ2) is 4.31. The van der Waals surface area contributed by atoms with E-state index < -0.39 is 0 Å². The third-order valence-corrected chi connectivity index (χ3v) is 2.90. The molecule has 1 heterocycles. The van der Waals surface area contributed by atoms with Gasteiger partial charge in [-0.05, 0) is 18.0 Å². The maximum Gasteiger partial charge on any atom is 0.206 e. The Bertz CT molecular complexity index is 464. The van der Waals surface area contributed by atoms with Gasteiger partial charge in [-0.1, -0.05) is 41.7 Å². The molecule has 0 aliphatic rings. The summed E-state index contributed by atoms with van der Waals surface area (Å²) >= 11 is 1.17. The molecule has 0 atom stereocenters. The Morgan fingerprint density at radius 2 is 2.07 bits per heavy atom. The molecule has 0 radical (unpaired) electrons. The summed E-state index contributed by atoms with van der Waals surface area (Å²) < 4.78 is 3.81. The summed E-state index contributed by atoms with van der Waals surface area (Å²) in [6.45, 7) is 1.97. The first-order chi connectivity index (χ1) is 7.33. The van der Waals surface area contributed by atoms with Crippen molar-refractivity contribution in [1.29, 1.82) is 0 Å². The van der Waals surface area contributed by atoms with Crippen LogP contribution in [0.25, 0.3) is 0 Å². The first-order valence-corrected chi connectivity index (χ1v) is 5.51. The van der Waals surface area contributed by atoms with Crippen LogP contribution in [0, 0.1) is 0 Å². The van der Waals surface area contributed by atoms with Crippen LogP contribution >= 0.6 is 11.5 Å². The maximum atomic E-state index is 12.0. The Balaban J connectivity index is 2.37. The van der Waals surface area contributed by atoms with E-state index in [2.05, 4.69) is 9.59 Å². The van der Waals surface area contributed by atoms with Gasteiger partial charge in [0.1, 0.15) is 4.88 Å². The fraction of sp³-hybridized carbons (Fsp3) is 0.182. The van der Waals surface area contributed by atoms with Crippen LogP contribution in [0.1, 0.15) is 27.9 Å². The normalized spacial score (nSPS) is 10.2. The monoisotopic (exact) mass is 218 g/mol. The Labute approximate surface area is 91.9 Å². The highest BCUT2D eigenvalue weighted by Crippen LogP contribution is 2.16. The van der Waals surface area contributed by atoms with E-state index in [1.54, 1.807) is 0 Å². The number of aryl methyl sites for hydroxylation is 1. The molecule has 0 spiro atoms. The van der Waals surface area contributed by atoms with Gasteiger partial charge in [0, 0.05) is 5.56 Å². The van der Waals surface area contributed by atoms with Crippen molar-refractivity contribution < 1.29 is 4.79 Å². The molecule has 0 fully saturated rings. The quantitative estimate of drug-likeness (QED) is 0.742. The van der Waals surface area contributed by atoms with Crippen molar-refractivity contribution in [2.75, 3.05) is 0 Å². The third-order valence-electron chi connectivity index (χ3n) is 2.13. The molecule has 0 saturated carbocycles. The Hall–Kier alpha value is -1.55. The van der Waals surface area contributed by atoms with Crippen LogP contribution in [0.3, 0.4) is 0 Å². The zero-order chi connectivity index (χ0) is 10.7. The highest BCUT2D eigenvalue weighted by molar-refractivity contribution is 7.08. The van der Waals surface area contributed by atoms with Crippen LogP contribution in [0.5, 0.6) is 0 Å². The fourth-order valence-electron chi connectivity index (χ4n) is 1.33. The van der Waals surface area contributed by atoms with Crippen LogP contribution in [0.15, 0.2) is 30.3 Å². The molecule has 0 unspecified atom stereocenters. The molecule has 0 aliphatic heterocycles. The third kappa shape index (κ3) is 1.94. The number of aromatic nitrogens is 2. The average molecular weight is 218 g/mol. The Morgan fingerprint density at radius 3 is 2.73 bits per heavy atom. The lowest BCUT2D eigenvalue weighted by molar-refractivity contribution is 0.104. The smallest absolute Gasteiger partial charge is 0.206 e. The minimum absolute atomic E-state index is 0.0162. The number of ketones is 1. The van der Waals surface area contributed by atoms with E-state index in [-0.39, 0.29) is 5.78 Å². The number of nitrogens with zero attached hydrogens (tertiary/aromatic N) is 2. The minimum Gasteiger partial charge on any atom is -0.288 e. The molecular weight excluding hydrogens is 208 g/mol. The van der Waals surface area contributed by atoms with Gasteiger partial charge in [-0.25, -0.2) is 0 Å². The van der Waals surface area contributed by atoms with Gasteiger partial charge < -0.3 is 0 Å². The molecule has 2 aromatic rings. The highest BCUT2D eigenvalue weighted by atomic mass is 32.1. The number of benzene rings is 1. The SMILES string of the molecule is CCc1nnsc1C(=O)c1ccccc1. The largest absolute Gasteiger partial charge is 0.288 e. The van der Waals surface area contributed by atoms with Crippen molar-refractivity contribution in [3.8, 4) is 0 Å². The van der Waals surface area contributed by atoms with Crippen LogP contribution in [0.2, 0.25) is 0 Å². The molecule has 15 heavy (non-hydrogen) atoms. The number of hydrogen-bond acceptors (Lipinski definition) is 4. The predicted octanol–water partition coefficient (Wildman–Crippen LogP) is 2.33. The van der Waals surface area contributed by atoms with Crippen molar-refractivity contribution in [3.63, 3.8) is 0 Å². The lowest BCUT2D eigenvalue weighted by Crippen LogP contribution is -2.01. The van der Waals surface area contributed by atoms with Crippen LogP contribution in [0.4, 0.5) is 0 Å². The van der Waals surface area contributed by atoms with Gasteiger partial charge >= 0.3 is 0 Å². The topological polar surface area (TPSA) is 42.9 Å². The van der Waals surface area contributed by atoms with Crippen LogP contribution in [-0.4, -0.2) is 15.4 Å². The van der Waals surface area contributed by atoms with Crippen LogP contribution < -0.4 is 0 Å². The van der Waals surface area contributed by atoms with Gasteiger partial charge in [0.2, 0.25) is 5.78 Å². The lowest BCUT2D eigenvalue weighted by Gasteiger charge is -1.97. The molecule has 0 aliphatic carbocycles. The summed E-state index contributed by atoms with van der Waals surface area (Å²) in [4.78, 5) is 12.7. The van der Waals surface area contributed by atoms with Crippen LogP contribution in [-0.2, 0) is 6.42 Å². The average Bonchev–Trinajstić information content (AvgIpc) is 2.77. The molecule has 2 rings (SSSR count). The molecule has 4 heteroatoms. The summed E-state index contributed by atoms with van der Waals surface area (Å²) in [7, 11) is 0. The molecule has 1 aromatic carbocycles. The second-order valence-electron chi connectivity index (χ2n) is 3.10. The first kappa shape index (κ1) is 9.98. The van der Waals surface area contributed by atoms with Crippen molar-refractivity contribution >= 4 is 17.3 Å². The Kier molecular flexibility index (Phi) is 2.87.